The lowest BCUT2D eigenvalue weighted by Gasteiger charge is -2.20. The van der Waals surface area contributed by atoms with E-state index in [0.717, 1.165) is 19.6 Å². The molecule has 0 aliphatic carbocycles. The molecule has 1 atom stereocenters. The van der Waals surface area contributed by atoms with Crippen molar-refractivity contribution < 1.29 is 9.53 Å². The van der Waals surface area contributed by atoms with E-state index < -0.39 is 0 Å². The predicted octanol–water partition coefficient (Wildman–Crippen LogP) is 0.479. The number of likely N-dealkylation sites (N-methyl/N-ethyl adjacent to an activating group) is 2. The Labute approximate surface area is 86.6 Å². The van der Waals surface area contributed by atoms with Crippen LogP contribution in [0.15, 0.2) is 0 Å². The molecule has 14 heavy (non-hydrogen) atoms. The Kier molecular flexibility index (Phi) is 7.42. The average Bonchev–Trinajstić information content (AvgIpc) is 2.17. The number of hydrogen-bond acceptors (Lipinski definition) is 3. The molecule has 0 rings (SSSR count). The first-order valence-electron chi connectivity index (χ1n) is 5.19. The van der Waals surface area contributed by atoms with E-state index in [2.05, 4.69) is 5.32 Å². The largest absolute Gasteiger partial charge is 0.367 e. The Balaban J connectivity index is 3.71. The van der Waals surface area contributed by atoms with Crippen molar-refractivity contribution in [3.63, 3.8) is 0 Å². The minimum Gasteiger partial charge on any atom is -0.367 e. The SMILES string of the molecule is CCN(CC)C(=O)COC(C)CNC. The molecule has 4 heteroatoms. The molecule has 0 bridgehead atoms. The molecule has 0 saturated heterocycles. The van der Waals surface area contributed by atoms with E-state index in [0.29, 0.717) is 0 Å². The minimum atomic E-state index is 0.0675. The summed E-state index contributed by atoms with van der Waals surface area (Å²) in [6.07, 6.45) is 0.0829. The summed E-state index contributed by atoms with van der Waals surface area (Å²) in [5.74, 6) is 0.0675. The molecule has 0 heterocycles. The number of hydrogen-bond donors (Lipinski definition) is 1. The standard InChI is InChI=1S/C10H22N2O2/c1-5-12(6-2)10(13)8-14-9(3)7-11-4/h9,11H,5-8H2,1-4H3. The molecule has 0 aromatic heterocycles. The van der Waals surface area contributed by atoms with E-state index in [1.165, 1.54) is 0 Å². The van der Waals surface area contributed by atoms with E-state index in [1.807, 2.05) is 27.8 Å². The molecule has 1 N–H and O–H groups in total. The van der Waals surface area contributed by atoms with E-state index in [-0.39, 0.29) is 18.6 Å². The first-order chi connectivity index (χ1) is 6.65. The van der Waals surface area contributed by atoms with Crippen molar-refractivity contribution in [2.45, 2.75) is 26.9 Å². The fraction of sp³-hybridized carbons (Fsp3) is 0.900. The topological polar surface area (TPSA) is 41.6 Å². The summed E-state index contributed by atoms with van der Waals surface area (Å²) in [5.41, 5.74) is 0. The van der Waals surface area contributed by atoms with Crippen molar-refractivity contribution in [3.05, 3.63) is 0 Å². The van der Waals surface area contributed by atoms with Gasteiger partial charge >= 0.3 is 0 Å². The lowest BCUT2D eigenvalue weighted by atomic mass is 10.4. The summed E-state index contributed by atoms with van der Waals surface area (Å²) < 4.78 is 5.38. The number of ether oxygens (including phenoxy) is 1. The van der Waals surface area contributed by atoms with Gasteiger partial charge in [0.1, 0.15) is 6.61 Å². The molecule has 1 amide bonds. The molecule has 0 aromatic carbocycles. The summed E-state index contributed by atoms with van der Waals surface area (Å²) in [6, 6.07) is 0. The van der Waals surface area contributed by atoms with Crippen LogP contribution in [0, 0.1) is 0 Å². The molecule has 0 aromatic rings. The molecule has 0 radical (unpaired) electrons. The van der Waals surface area contributed by atoms with E-state index in [4.69, 9.17) is 4.74 Å². The van der Waals surface area contributed by atoms with Crippen LogP contribution in [0.1, 0.15) is 20.8 Å². The molecule has 0 spiro atoms. The van der Waals surface area contributed by atoms with Gasteiger partial charge in [-0.05, 0) is 27.8 Å². The van der Waals surface area contributed by atoms with Gasteiger partial charge in [-0.3, -0.25) is 4.79 Å². The number of rotatable bonds is 7. The van der Waals surface area contributed by atoms with Gasteiger partial charge in [0.05, 0.1) is 6.10 Å². The monoisotopic (exact) mass is 202 g/mol. The van der Waals surface area contributed by atoms with Gasteiger partial charge in [-0.15, -0.1) is 0 Å². The van der Waals surface area contributed by atoms with E-state index in [9.17, 15) is 4.79 Å². The Morgan fingerprint density at radius 2 is 2.00 bits per heavy atom. The molecule has 1 unspecified atom stereocenters. The van der Waals surface area contributed by atoms with Crippen LogP contribution >= 0.6 is 0 Å². The maximum absolute atomic E-state index is 11.5. The number of carbonyl (C=O) groups excluding carboxylic acids is 1. The third-order valence-corrected chi connectivity index (χ3v) is 2.10. The summed E-state index contributed by atoms with van der Waals surface area (Å²) >= 11 is 0. The second-order valence-electron chi connectivity index (χ2n) is 3.25. The van der Waals surface area contributed by atoms with Gasteiger partial charge in [-0.2, -0.15) is 0 Å². The van der Waals surface area contributed by atoms with Crippen LogP contribution in [0.4, 0.5) is 0 Å². The Morgan fingerprint density at radius 3 is 2.43 bits per heavy atom. The highest BCUT2D eigenvalue weighted by Crippen LogP contribution is 1.93. The fourth-order valence-corrected chi connectivity index (χ4v) is 1.23. The van der Waals surface area contributed by atoms with Crippen molar-refractivity contribution in [1.82, 2.24) is 10.2 Å². The van der Waals surface area contributed by atoms with Crippen molar-refractivity contribution >= 4 is 5.91 Å². The zero-order valence-electron chi connectivity index (χ0n) is 9.67. The van der Waals surface area contributed by atoms with Crippen molar-refractivity contribution in [2.24, 2.45) is 0 Å². The number of amides is 1. The van der Waals surface area contributed by atoms with Gasteiger partial charge in [0.25, 0.3) is 0 Å². The van der Waals surface area contributed by atoms with Crippen molar-refractivity contribution in [1.29, 1.82) is 0 Å². The van der Waals surface area contributed by atoms with Crippen LogP contribution < -0.4 is 5.32 Å². The number of nitrogens with one attached hydrogen (secondary N) is 1. The summed E-state index contributed by atoms with van der Waals surface area (Å²) in [5, 5.41) is 3.00. The van der Waals surface area contributed by atoms with Crippen LogP contribution in [-0.4, -0.2) is 50.2 Å². The third-order valence-electron chi connectivity index (χ3n) is 2.10. The van der Waals surface area contributed by atoms with Gasteiger partial charge < -0.3 is 15.0 Å². The molecule has 0 saturated carbocycles. The maximum Gasteiger partial charge on any atom is 0.248 e. The maximum atomic E-state index is 11.5. The quantitative estimate of drug-likeness (QED) is 0.653. The van der Waals surface area contributed by atoms with Crippen molar-refractivity contribution in [2.75, 3.05) is 33.3 Å². The minimum absolute atomic E-state index is 0.0675. The second-order valence-corrected chi connectivity index (χ2v) is 3.25. The Bertz CT molecular complexity index is 158. The molecule has 0 fully saturated rings. The van der Waals surface area contributed by atoms with Gasteiger partial charge in [0.15, 0.2) is 0 Å². The molecule has 0 aliphatic heterocycles. The average molecular weight is 202 g/mol. The molecular weight excluding hydrogens is 180 g/mol. The zero-order valence-corrected chi connectivity index (χ0v) is 9.67. The highest BCUT2D eigenvalue weighted by molar-refractivity contribution is 5.77. The lowest BCUT2D eigenvalue weighted by Crippen LogP contribution is -2.35. The first kappa shape index (κ1) is 13.4. The molecule has 4 nitrogen and oxygen atoms in total. The highest BCUT2D eigenvalue weighted by Gasteiger charge is 2.10. The smallest absolute Gasteiger partial charge is 0.248 e. The predicted molar refractivity (Wildman–Crippen MR) is 57.3 cm³/mol. The van der Waals surface area contributed by atoms with Crippen molar-refractivity contribution in [3.8, 4) is 0 Å². The van der Waals surface area contributed by atoms with Gasteiger partial charge in [-0.25, -0.2) is 0 Å². The van der Waals surface area contributed by atoms with Gasteiger partial charge in [0.2, 0.25) is 5.91 Å². The van der Waals surface area contributed by atoms with Crippen LogP contribution in [-0.2, 0) is 9.53 Å². The molecule has 84 valence electrons. The van der Waals surface area contributed by atoms with Crippen LogP contribution in [0.5, 0.6) is 0 Å². The Hall–Kier alpha value is -0.610. The summed E-state index contributed by atoms with van der Waals surface area (Å²) in [4.78, 5) is 13.3. The van der Waals surface area contributed by atoms with E-state index in [1.54, 1.807) is 4.90 Å². The summed E-state index contributed by atoms with van der Waals surface area (Å²) in [6.45, 7) is 8.34. The third kappa shape index (κ3) is 5.19. The second kappa shape index (κ2) is 7.76. The van der Waals surface area contributed by atoms with Crippen LogP contribution in [0.25, 0.3) is 0 Å². The first-order valence-corrected chi connectivity index (χ1v) is 5.19. The van der Waals surface area contributed by atoms with E-state index >= 15 is 0 Å². The molecular formula is C10H22N2O2. The van der Waals surface area contributed by atoms with Crippen LogP contribution in [0.3, 0.4) is 0 Å². The zero-order chi connectivity index (χ0) is 11.0. The normalized spacial score (nSPS) is 12.6. The van der Waals surface area contributed by atoms with Gasteiger partial charge in [-0.1, -0.05) is 0 Å². The molecule has 0 aliphatic rings. The Morgan fingerprint density at radius 1 is 1.43 bits per heavy atom. The van der Waals surface area contributed by atoms with Gasteiger partial charge in [0, 0.05) is 19.6 Å². The number of nitrogens with zero attached hydrogens (tertiary/aromatic N) is 1. The lowest BCUT2D eigenvalue weighted by molar-refractivity contribution is -0.137. The summed E-state index contributed by atoms with van der Waals surface area (Å²) in [7, 11) is 1.87. The fourth-order valence-electron chi connectivity index (χ4n) is 1.23. The highest BCUT2D eigenvalue weighted by atomic mass is 16.5. The number of carbonyl (C=O) groups is 1. The van der Waals surface area contributed by atoms with Crippen LogP contribution in [0.2, 0.25) is 0 Å².